The summed E-state index contributed by atoms with van der Waals surface area (Å²) in [4.78, 5) is 29.2. The van der Waals surface area contributed by atoms with Gasteiger partial charge in [0, 0.05) is 24.3 Å². The number of anilines is 1. The summed E-state index contributed by atoms with van der Waals surface area (Å²) >= 11 is 0. The fraction of sp³-hybridized carbons (Fsp3) is 0.333. The third-order valence-electron chi connectivity index (χ3n) is 5.12. The molecule has 1 atom stereocenters. The maximum Gasteiger partial charge on any atom is 0.254 e. The summed E-state index contributed by atoms with van der Waals surface area (Å²) in [5, 5.41) is 0. The van der Waals surface area contributed by atoms with Gasteiger partial charge in [-0.25, -0.2) is 0 Å². The van der Waals surface area contributed by atoms with Gasteiger partial charge in [-0.15, -0.1) is 0 Å². The molecule has 5 nitrogen and oxygen atoms in total. The minimum Gasteiger partial charge on any atom is -0.497 e. The molecule has 1 aliphatic rings. The molecule has 0 aromatic heterocycles. The van der Waals surface area contributed by atoms with E-state index in [-0.39, 0.29) is 11.8 Å². The smallest absolute Gasteiger partial charge is 0.254 e. The molecule has 1 fully saturated rings. The molecule has 0 radical (unpaired) electrons. The van der Waals surface area contributed by atoms with Gasteiger partial charge in [-0.05, 0) is 62.2 Å². The summed E-state index contributed by atoms with van der Waals surface area (Å²) in [6.07, 6.45) is 0. The highest BCUT2D eigenvalue weighted by molar-refractivity contribution is 6.03. The second-order valence-corrected chi connectivity index (χ2v) is 6.61. The lowest BCUT2D eigenvalue weighted by Gasteiger charge is -2.39. The molecule has 26 heavy (non-hydrogen) atoms. The van der Waals surface area contributed by atoms with E-state index in [1.54, 1.807) is 48.1 Å². The van der Waals surface area contributed by atoms with Crippen LogP contribution in [0, 0.1) is 13.8 Å². The maximum absolute atomic E-state index is 12.9. The van der Waals surface area contributed by atoms with Crippen molar-refractivity contribution in [2.45, 2.75) is 26.8 Å². The lowest BCUT2D eigenvalue weighted by Crippen LogP contribution is -2.58. The Morgan fingerprint density at radius 3 is 2.42 bits per heavy atom. The number of rotatable bonds is 3. The zero-order valence-electron chi connectivity index (χ0n) is 15.7. The van der Waals surface area contributed by atoms with Crippen LogP contribution in [-0.4, -0.2) is 43.0 Å². The number of hydrogen-bond donors (Lipinski definition) is 0. The van der Waals surface area contributed by atoms with Gasteiger partial charge in [0.25, 0.3) is 5.91 Å². The van der Waals surface area contributed by atoms with Gasteiger partial charge >= 0.3 is 0 Å². The van der Waals surface area contributed by atoms with Crippen LogP contribution in [0.1, 0.15) is 28.4 Å². The Bertz CT molecular complexity index is 830. The Balaban J connectivity index is 1.81. The number of hydrogen-bond acceptors (Lipinski definition) is 3. The van der Waals surface area contributed by atoms with Crippen molar-refractivity contribution in [3.8, 4) is 5.75 Å². The van der Waals surface area contributed by atoms with Gasteiger partial charge in [-0.1, -0.05) is 12.1 Å². The third kappa shape index (κ3) is 3.17. The topological polar surface area (TPSA) is 49.9 Å². The lowest BCUT2D eigenvalue weighted by atomic mass is 10.0. The van der Waals surface area contributed by atoms with E-state index in [9.17, 15) is 9.59 Å². The summed E-state index contributed by atoms with van der Waals surface area (Å²) in [5.41, 5.74) is 3.74. The number of aryl methyl sites for hydroxylation is 1. The Hall–Kier alpha value is -2.82. The Morgan fingerprint density at radius 2 is 1.77 bits per heavy atom. The van der Waals surface area contributed by atoms with E-state index in [0.29, 0.717) is 24.4 Å². The molecule has 2 aromatic carbocycles. The molecule has 0 saturated carbocycles. The van der Waals surface area contributed by atoms with Gasteiger partial charge < -0.3 is 14.5 Å². The van der Waals surface area contributed by atoms with Gasteiger partial charge in [0.15, 0.2) is 0 Å². The van der Waals surface area contributed by atoms with E-state index in [1.807, 2.05) is 32.0 Å². The quantitative estimate of drug-likeness (QED) is 0.852. The average Bonchev–Trinajstić information content (AvgIpc) is 2.66. The number of ether oxygens (including phenoxy) is 1. The molecular weight excluding hydrogens is 328 g/mol. The van der Waals surface area contributed by atoms with Crippen LogP contribution in [0.5, 0.6) is 5.75 Å². The summed E-state index contributed by atoms with van der Waals surface area (Å²) in [5.74, 6) is 0.520. The van der Waals surface area contributed by atoms with Crippen LogP contribution in [0.3, 0.4) is 0 Å². The van der Waals surface area contributed by atoms with Crippen molar-refractivity contribution in [3.63, 3.8) is 0 Å². The van der Waals surface area contributed by atoms with Crippen molar-refractivity contribution in [2.24, 2.45) is 0 Å². The molecule has 2 amide bonds. The van der Waals surface area contributed by atoms with E-state index in [4.69, 9.17) is 4.74 Å². The van der Waals surface area contributed by atoms with Crippen LogP contribution < -0.4 is 9.64 Å². The second kappa shape index (κ2) is 7.20. The van der Waals surface area contributed by atoms with Gasteiger partial charge in [-0.2, -0.15) is 0 Å². The molecule has 0 unspecified atom stereocenters. The fourth-order valence-electron chi connectivity index (χ4n) is 3.31. The van der Waals surface area contributed by atoms with Crippen molar-refractivity contribution >= 4 is 17.5 Å². The van der Waals surface area contributed by atoms with Gasteiger partial charge in [0.05, 0.1) is 7.11 Å². The normalized spacial score (nSPS) is 17.4. The molecule has 1 aliphatic heterocycles. The molecule has 5 heteroatoms. The number of benzene rings is 2. The second-order valence-electron chi connectivity index (χ2n) is 6.61. The highest BCUT2D eigenvalue weighted by atomic mass is 16.5. The zero-order chi connectivity index (χ0) is 18.8. The first-order valence-electron chi connectivity index (χ1n) is 8.76. The Morgan fingerprint density at radius 1 is 1.08 bits per heavy atom. The SMILES string of the molecule is COc1ccc(C(=O)N2CCN(c3cccc(C)c3C)C(=O)[C@H]2C)cc1. The molecule has 136 valence electrons. The average molecular weight is 352 g/mol. The number of carbonyl (C=O) groups excluding carboxylic acids is 2. The van der Waals surface area contributed by atoms with E-state index in [0.717, 1.165) is 16.8 Å². The monoisotopic (exact) mass is 352 g/mol. The summed E-state index contributed by atoms with van der Waals surface area (Å²) in [6, 6.07) is 12.4. The highest BCUT2D eigenvalue weighted by Crippen LogP contribution is 2.27. The highest BCUT2D eigenvalue weighted by Gasteiger charge is 2.35. The number of nitrogens with zero attached hydrogens (tertiary/aromatic N) is 2. The van der Waals surface area contributed by atoms with Crippen LogP contribution in [0.15, 0.2) is 42.5 Å². The molecular formula is C21H24N2O3. The molecule has 1 heterocycles. The minimum absolute atomic E-state index is 0.0492. The van der Waals surface area contributed by atoms with Crippen LogP contribution in [0.4, 0.5) is 5.69 Å². The maximum atomic E-state index is 12.9. The van der Waals surface area contributed by atoms with Crippen LogP contribution in [-0.2, 0) is 4.79 Å². The molecule has 2 aromatic rings. The Labute approximate surface area is 154 Å². The number of methoxy groups -OCH3 is 1. The predicted octanol–water partition coefficient (Wildman–Crippen LogP) is 3.19. The third-order valence-corrected chi connectivity index (χ3v) is 5.12. The van der Waals surface area contributed by atoms with Gasteiger partial charge in [0.2, 0.25) is 5.91 Å². The van der Waals surface area contributed by atoms with Crippen LogP contribution in [0.2, 0.25) is 0 Å². The van der Waals surface area contributed by atoms with Crippen LogP contribution >= 0.6 is 0 Å². The van der Waals surface area contributed by atoms with E-state index < -0.39 is 6.04 Å². The first-order valence-corrected chi connectivity index (χ1v) is 8.76. The molecule has 0 N–H and O–H groups in total. The standard InChI is InChI=1S/C21H24N2O3/c1-14-6-5-7-19(15(14)2)23-13-12-22(16(3)20(23)24)21(25)17-8-10-18(26-4)11-9-17/h5-11,16H,12-13H2,1-4H3/t16-/m1/s1. The summed E-state index contributed by atoms with van der Waals surface area (Å²) < 4.78 is 5.13. The number of carbonyl (C=O) groups is 2. The largest absolute Gasteiger partial charge is 0.497 e. The lowest BCUT2D eigenvalue weighted by molar-refractivity contribution is -0.124. The molecule has 0 spiro atoms. The van der Waals surface area contributed by atoms with Crippen molar-refractivity contribution < 1.29 is 14.3 Å². The number of piperazine rings is 1. The summed E-state index contributed by atoms with van der Waals surface area (Å²) in [6.45, 7) is 6.86. The van der Waals surface area contributed by atoms with Crippen molar-refractivity contribution in [1.82, 2.24) is 4.90 Å². The number of amides is 2. The first-order chi connectivity index (χ1) is 12.4. The van der Waals surface area contributed by atoms with Crippen LogP contribution in [0.25, 0.3) is 0 Å². The van der Waals surface area contributed by atoms with E-state index in [2.05, 4.69) is 0 Å². The summed E-state index contributed by atoms with van der Waals surface area (Å²) in [7, 11) is 1.59. The van der Waals surface area contributed by atoms with Crippen molar-refractivity contribution in [2.75, 3.05) is 25.1 Å². The molecule has 1 saturated heterocycles. The Kier molecular flexibility index (Phi) is 4.98. The first kappa shape index (κ1) is 18.0. The van der Waals surface area contributed by atoms with Crippen molar-refractivity contribution in [1.29, 1.82) is 0 Å². The fourth-order valence-corrected chi connectivity index (χ4v) is 3.31. The zero-order valence-corrected chi connectivity index (χ0v) is 15.7. The van der Waals surface area contributed by atoms with Gasteiger partial charge in [-0.3, -0.25) is 9.59 Å². The van der Waals surface area contributed by atoms with Gasteiger partial charge in [0.1, 0.15) is 11.8 Å². The molecule has 0 aliphatic carbocycles. The van der Waals surface area contributed by atoms with E-state index in [1.165, 1.54) is 0 Å². The van der Waals surface area contributed by atoms with Crippen molar-refractivity contribution in [3.05, 3.63) is 59.2 Å². The van der Waals surface area contributed by atoms with E-state index >= 15 is 0 Å². The minimum atomic E-state index is -0.502. The molecule has 0 bridgehead atoms. The predicted molar refractivity (Wildman–Crippen MR) is 102 cm³/mol. The molecule has 3 rings (SSSR count).